The maximum atomic E-state index is 5.86. The van der Waals surface area contributed by atoms with Crippen molar-refractivity contribution >= 4 is 28.1 Å². The number of thiocarbonyl (C=S) groups is 1. The summed E-state index contributed by atoms with van der Waals surface area (Å²) in [6.45, 7) is 0. The quantitative estimate of drug-likeness (QED) is 0.761. The molecule has 0 unspecified atom stereocenters. The Labute approximate surface area is 99.5 Å². The first-order valence-electron chi connectivity index (χ1n) is 5.47. The highest BCUT2D eigenvalue weighted by Gasteiger charge is 2.20. The molecular weight excluding hydrogens is 216 g/mol. The van der Waals surface area contributed by atoms with Gasteiger partial charge in [0, 0.05) is 16.6 Å². The van der Waals surface area contributed by atoms with E-state index >= 15 is 0 Å². The van der Waals surface area contributed by atoms with Crippen LogP contribution in [0.1, 0.15) is 23.2 Å². The largest absolute Gasteiger partial charge is 0.389 e. The highest BCUT2D eigenvalue weighted by molar-refractivity contribution is 7.80. The van der Waals surface area contributed by atoms with Crippen LogP contribution in [0.5, 0.6) is 0 Å². The molecule has 0 saturated heterocycles. The summed E-state index contributed by atoms with van der Waals surface area (Å²) in [5, 5.41) is 1.09. The highest BCUT2D eigenvalue weighted by atomic mass is 32.1. The van der Waals surface area contributed by atoms with Gasteiger partial charge in [-0.25, -0.2) is 0 Å². The molecule has 1 heterocycles. The molecule has 1 aromatic carbocycles. The van der Waals surface area contributed by atoms with Crippen molar-refractivity contribution in [3.05, 3.63) is 41.1 Å². The van der Waals surface area contributed by atoms with Crippen molar-refractivity contribution in [2.45, 2.75) is 19.3 Å². The number of benzene rings is 1. The summed E-state index contributed by atoms with van der Waals surface area (Å²) < 4.78 is 0. The number of para-hydroxylation sites is 1. The number of hydrogen-bond acceptors (Lipinski definition) is 2. The van der Waals surface area contributed by atoms with Crippen LogP contribution in [0, 0.1) is 0 Å². The van der Waals surface area contributed by atoms with E-state index in [1.54, 1.807) is 0 Å². The molecule has 1 aliphatic carbocycles. The molecule has 80 valence electrons. The van der Waals surface area contributed by atoms with Crippen LogP contribution >= 0.6 is 12.2 Å². The van der Waals surface area contributed by atoms with Gasteiger partial charge in [-0.1, -0.05) is 30.4 Å². The molecule has 0 aliphatic heterocycles. The predicted octanol–water partition coefficient (Wildman–Crippen LogP) is 2.36. The van der Waals surface area contributed by atoms with E-state index in [2.05, 4.69) is 11.1 Å². The fraction of sp³-hybridized carbons (Fsp3) is 0.231. The van der Waals surface area contributed by atoms with Gasteiger partial charge in [0.25, 0.3) is 0 Å². The topological polar surface area (TPSA) is 38.9 Å². The fourth-order valence-corrected chi connectivity index (χ4v) is 2.73. The van der Waals surface area contributed by atoms with Crippen molar-refractivity contribution in [2.24, 2.45) is 5.73 Å². The van der Waals surface area contributed by atoms with Gasteiger partial charge in [-0.3, -0.25) is 4.98 Å². The van der Waals surface area contributed by atoms with Crippen molar-refractivity contribution in [3.63, 3.8) is 0 Å². The Bertz CT molecular complexity index is 590. The van der Waals surface area contributed by atoms with Gasteiger partial charge >= 0.3 is 0 Å². The van der Waals surface area contributed by atoms with Crippen LogP contribution in [0.4, 0.5) is 0 Å². The molecule has 0 spiro atoms. The minimum Gasteiger partial charge on any atom is -0.389 e. The van der Waals surface area contributed by atoms with Crippen molar-refractivity contribution in [3.8, 4) is 0 Å². The monoisotopic (exact) mass is 228 g/mol. The summed E-state index contributed by atoms with van der Waals surface area (Å²) in [6, 6.07) is 8.08. The third kappa shape index (κ3) is 1.32. The van der Waals surface area contributed by atoms with E-state index in [0.717, 1.165) is 35.7 Å². The summed E-state index contributed by atoms with van der Waals surface area (Å²) in [6.07, 6.45) is 3.27. The maximum absolute atomic E-state index is 5.86. The van der Waals surface area contributed by atoms with E-state index in [-0.39, 0.29) is 0 Å². The molecule has 16 heavy (non-hydrogen) atoms. The minimum atomic E-state index is 0.497. The number of rotatable bonds is 1. The first-order chi connectivity index (χ1) is 7.77. The van der Waals surface area contributed by atoms with Crippen LogP contribution in [-0.4, -0.2) is 9.97 Å². The second-order valence-electron chi connectivity index (χ2n) is 4.15. The molecular formula is C13H12N2S. The molecule has 3 heteroatoms. The van der Waals surface area contributed by atoms with Gasteiger partial charge in [-0.2, -0.15) is 0 Å². The lowest BCUT2D eigenvalue weighted by Gasteiger charge is -2.10. The van der Waals surface area contributed by atoms with Gasteiger partial charge in [0.05, 0.1) is 5.52 Å². The van der Waals surface area contributed by atoms with Crippen molar-refractivity contribution in [1.29, 1.82) is 0 Å². The molecule has 0 radical (unpaired) electrons. The molecule has 1 aromatic heterocycles. The first kappa shape index (κ1) is 9.73. The number of nitrogens with two attached hydrogens (primary N) is 1. The SMILES string of the molecule is NC(=S)c1c2c(nc3ccccc13)CCC2. The molecule has 1 aliphatic rings. The molecule has 0 atom stereocenters. The lowest BCUT2D eigenvalue weighted by molar-refractivity contribution is 0.901. The zero-order valence-electron chi connectivity index (χ0n) is 8.86. The molecule has 3 rings (SSSR count). The van der Waals surface area contributed by atoms with E-state index in [9.17, 15) is 0 Å². The van der Waals surface area contributed by atoms with Crippen LogP contribution in [0.25, 0.3) is 10.9 Å². The van der Waals surface area contributed by atoms with Crippen molar-refractivity contribution in [2.75, 3.05) is 0 Å². The van der Waals surface area contributed by atoms with Crippen LogP contribution < -0.4 is 5.73 Å². The Morgan fingerprint density at radius 3 is 2.88 bits per heavy atom. The van der Waals surface area contributed by atoms with E-state index in [1.165, 1.54) is 11.3 Å². The van der Waals surface area contributed by atoms with Gasteiger partial charge in [0.2, 0.25) is 0 Å². The highest BCUT2D eigenvalue weighted by Crippen LogP contribution is 2.29. The second kappa shape index (κ2) is 3.52. The number of pyridine rings is 1. The van der Waals surface area contributed by atoms with E-state index < -0.39 is 0 Å². The van der Waals surface area contributed by atoms with Gasteiger partial charge < -0.3 is 5.73 Å². The summed E-state index contributed by atoms with van der Waals surface area (Å²) in [7, 11) is 0. The Morgan fingerprint density at radius 1 is 1.25 bits per heavy atom. The Morgan fingerprint density at radius 2 is 2.06 bits per heavy atom. The minimum absolute atomic E-state index is 0.497. The Kier molecular flexibility index (Phi) is 2.14. The van der Waals surface area contributed by atoms with Gasteiger partial charge in [0.15, 0.2) is 0 Å². The van der Waals surface area contributed by atoms with Crippen LogP contribution in [0.2, 0.25) is 0 Å². The lowest BCUT2D eigenvalue weighted by atomic mass is 10.0. The second-order valence-corrected chi connectivity index (χ2v) is 4.59. The zero-order chi connectivity index (χ0) is 11.1. The van der Waals surface area contributed by atoms with Crippen LogP contribution in [0.15, 0.2) is 24.3 Å². The van der Waals surface area contributed by atoms with Gasteiger partial charge in [0.1, 0.15) is 4.99 Å². The zero-order valence-corrected chi connectivity index (χ0v) is 9.68. The smallest absolute Gasteiger partial charge is 0.105 e. The third-order valence-electron chi connectivity index (χ3n) is 3.17. The fourth-order valence-electron chi connectivity index (χ4n) is 2.49. The predicted molar refractivity (Wildman–Crippen MR) is 69.7 cm³/mol. The standard InChI is InChI=1S/C13H12N2S/c14-13(16)12-8-4-1-2-6-10(8)15-11-7-3-5-9(11)12/h1-2,4,6H,3,5,7H2,(H2,14,16). The van der Waals surface area contributed by atoms with Crippen LogP contribution in [-0.2, 0) is 12.8 Å². The van der Waals surface area contributed by atoms with Gasteiger partial charge in [-0.05, 0) is 30.9 Å². The van der Waals surface area contributed by atoms with Gasteiger partial charge in [-0.15, -0.1) is 0 Å². The summed E-state index contributed by atoms with van der Waals surface area (Å²) in [5.41, 5.74) is 10.4. The number of nitrogens with zero attached hydrogens (tertiary/aromatic N) is 1. The normalized spacial score (nSPS) is 14.0. The Hall–Kier alpha value is -1.48. The first-order valence-corrected chi connectivity index (χ1v) is 5.88. The molecule has 0 amide bonds. The van der Waals surface area contributed by atoms with Crippen LogP contribution in [0.3, 0.4) is 0 Å². The lowest BCUT2D eigenvalue weighted by Crippen LogP contribution is -2.14. The van der Waals surface area contributed by atoms with E-state index in [1.807, 2.05) is 18.2 Å². The third-order valence-corrected chi connectivity index (χ3v) is 3.37. The van der Waals surface area contributed by atoms with Crippen molar-refractivity contribution < 1.29 is 0 Å². The number of fused-ring (bicyclic) bond motifs is 2. The maximum Gasteiger partial charge on any atom is 0.105 e. The summed E-state index contributed by atoms with van der Waals surface area (Å²) in [5.74, 6) is 0. The average molecular weight is 228 g/mol. The molecule has 0 saturated carbocycles. The molecule has 2 aromatic rings. The number of hydrogen-bond donors (Lipinski definition) is 1. The average Bonchev–Trinajstić information content (AvgIpc) is 2.72. The number of aryl methyl sites for hydroxylation is 1. The summed E-state index contributed by atoms with van der Waals surface area (Å²) >= 11 is 5.18. The molecule has 0 fully saturated rings. The van der Waals surface area contributed by atoms with Crippen molar-refractivity contribution in [1.82, 2.24) is 4.98 Å². The number of aromatic nitrogens is 1. The molecule has 2 nitrogen and oxygen atoms in total. The van der Waals surface area contributed by atoms with E-state index in [0.29, 0.717) is 4.99 Å². The summed E-state index contributed by atoms with van der Waals surface area (Å²) in [4.78, 5) is 5.18. The Balaban J connectivity index is 2.45. The van der Waals surface area contributed by atoms with E-state index in [4.69, 9.17) is 18.0 Å². The molecule has 0 bridgehead atoms. The molecule has 2 N–H and O–H groups in total.